The first-order chi connectivity index (χ1) is 14.8. The number of sulfonamides is 1. The van der Waals surface area contributed by atoms with E-state index >= 15 is 0 Å². The zero-order valence-electron chi connectivity index (χ0n) is 17.1. The summed E-state index contributed by atoms with van der Waals surface area (Å²) in [5, 5.41) is 5.48. The highest BCUT2D eigenvalue weighted by Gasteiger charge is 2.17. The molecule has 0 radical (unpaired) electrons. The van der Waals surface area contributed by atoms with Gasteiger partial charge in [-0.15, -0.1) is 0 Å². The number of benzene rings is 3. The number of hydrogen-bond donors (Lipinski definition) is 3. The lowest BCUT2D eigenvalue weighted by molar-refractivity contribution is 0.102. The van der Waals surface area contributed by atoms with Crippen molar-refractivity contribution in [1.29, 1.82) is 0 Å². The van der Waals surface area contributed by atoms with E-state index in [0.717, 1.165) is 0 Å². The average molecular weight is 438 g/mol. The van der Waals surface area contributed by atoms with E-state index in [9.17, 15) is 18.0 Å². The van der Waals surface area contributed by atoms with Gasteiger partial charge in [0.2, 0.25) is 10.0 Å². The minimum Gasteiger partial charge on any atom is -0.322 e. The van der Waals surface area contributed by atoms with Crippen LogP contribution in [0.15, 0.2) is 83.8 Å². The van der Waals surface area contributed by atoms with E-state index in [1.165, 1.54) is 24.3 Å². The maximum absolute atomic E-state index is 12.8. The highest BCUT2D eigenvalue weighted by molar-refractivity contribution is 7.89. The Hall–Kier alpha value is -3.49. The molecule has 0 aromatic heterocycles. The van der Waals surface area contributed by atoms with Gasteiger partial charge in [0.1, 0.15) is 0 Å². The number of carbonyl (C=O) groups is 2. The van der Waals surface area contributed by atoms with Crippen LogP contribution in [0.25, 0.3) is 0 Å². The van der Waals surface area contributed by atoms with Gasteiger partial charge in [0.15, 0.2) is 0 Å². The van der Waals surface area contributed by atoms with Crippen LogP contribution in [0.3, 0.4) is 0 Å². The van der Waals surface area contributed by atoms with E-state index in [-0.39, 0.29) is 22.4 Å². The highest BCUT2D eigenvalue weighted by Crippen LogP contribution is 2.20. The Labute approximate surface area is 181 Å². The van der Waals surface area contributed by atoms with Crippen LogP contribution in [0.2, 0.25) is 0 Å². The van der Waals surface area contributed by atoms with Crippen molar-refractivity contribution >= 4 is 33.2 Å². The Morgan fingerprint density at radius 1 is 0.742 bits per heavy atom. The average Bonchev–Trinajstić information content (AvgIpc) is 2.74. The lowest BCUT2D eigenvalue weighted by Crippen LogP contribution is -2.30. The molecule has 0 saturated carbocycles. The number of nitrogens with one attached hydrogen (secondary N) is 3. The summed E-state index contributed by atoms with van der Waals surface area (Å²) < 4.78 is 27.0. The first-order valence-corrected chi connectivity index (χ1v) is 11.1. The van der Waals surface area contributed by atoms with Gasteiger partial charge in [-0.05, 0) is 62.4 Å². The van der Waals surface area contributed by atoms with Crippen LogP contribution in [0, 0.1) is 0 Å². The Morgan fingerprint density at radius 3 is 2.00 bits per heavy atom. The molecule has 2 amide bonds. The Morgan fingerprint density at radius 2 is 1.35 bits per heavy atom. The van der Waals surface area contributed by atoms with Gasteiger partial charge in [-0.25, -0.2) is 13.1 Å². The molecule has 3 aromatic carbocycles. The molecule has 31 heavy (non-hydrogen) atoms. The van der Waals surface area contributed by atoms with Crippen molar-refractivity contribution in [3.63, 3.8) is 0 Å². The van der Waals surface area contributed by atoms with Crippen LogP contribution < -0.4 is 15.4 Å². The maximum atomic E-state index is 12.8. The molecule has 3 N–H and O–H groups in total. The Kier molecular flexibility index (Phi) is 6.84. The van der Waals surface area contributed by atoms with E-state index in [1.54, 1.807) is 62.4 Å². The van der Waals surface area contributed by atoms with Gasteiger partial charge in [0.25, 0.3) is 11.8 Å². The second-order valence-electron chi connectivity index (χ2n) is 7.12. The summed E-state index contributed by atoms with van der Waals surface area (Å²) in [4.78, 5) is 25.3. The van der Waals surface area contributed by atoms with Crippen molar-refractivity contribution < 1.29 is 18.0 Å². The third kappa shape index (κ3) is 5.78. The number of amides is 2. The molecule has 0 bridgehead atoms. The zero-order chi connectivity index (χ0) is 22.4. The first-order valence-electron chi connectivity index (χ1n) is 9.65. The molecular formula is C23H23N3O4S. The predicted octanol–water partition coefficient (Wildman–Crippen LogP) is 3.88. The van der Waals surface area contributed by atoms with Gasteiger partial charge in [0.05, 0.1) is 16.1 Å². The summed E-state index contributed by atoms with van der Waals surface area (Å²) in [7, 11) is -3.61. The topological polar surface area (TPSA) is 104 Å². The van der Waals surface area contributed by atoms with Crippen molar-refractivity contribution in [2.24, 2.45) is 0 Å². The molecule has 8 heteroatoms. The number of rotatable bonds is 7. The summed E-state index contributed by atoms with van der Waals surface area (Å²) in [6.07, 6.45) is 0. The van der Waals surface area contributed by atoms with Crippen LogP contribution in [-0.4, -0.2) is 26.3 Å². The second kappa shape index (κ2) is 9.55. The van der Waals surface area contributed by atoms with Crippen LogP contribution in [0.1, 0.15) is 34.6 Å². The molecule has 3 aromatic rings. The molecule has 7 nitrogen and oxygen atoms in total. The van der Waals surface area contributed by atoms with E-state index in [4.69, 9.17) is 0 Å². The van der Waals surface area contributed by atoms with Crippen LogP contribution in [0.5, 0.6) is 0 Å². The van der Waals surface area contributed by atoms with E-state index in [1.807, 2.05) is 6.07 Å². The molecule has 3 rings (SSSR count). The number of para-hydroxylation sites is 1. The van der Waals surface area contributed by atoms with Crippen molar-refractivity contribution in [1.82, 2.24) is 4.72 Å². The van der Waals surface area contributed by atoms with Gasteiger partial charge in [0, 0.05) is 17.3 Å². The molecule has 0 saturated heterocycles. The maximum Gasteiger partial charge on any atom is 0.257 e. The molecule has 0 aliphatic carbocycles. The standard InChI is InChI=1S/C23H23N3O4S/c1-16(2)26-31(29,30)19-14-12-18(13-15-19)24-23(28)20-10-6-7-11-21(20)25-22(27)17-8-4-3-5-9-17/h3-16,26H,1-2H3,(H,24,28)(H,25,27). The van der Waals surface area contributed by atoms with E-state index in [2.05, 4.69) is 15.4 Å². The third-order valence-electron chi connectivity index (χ3n) is 4.27. The zero-order valence-corrected chi connectivity index (χ0v) is 17.9. The van der Waals surface area contributed by atoms with Gasteiger partial charge in [-0.2, -0.15) is 0 Å². The smallest absolute Gasteiger partial charge is 0.257 e. The van der Waals surface area contributed by atoms with Crippen molar-refractivity contribution in [2.45, 2.75) is 24.8 Å². The molecule has 0 atom stereocenters. The van der Waals surface area contributed by atoms with Crippen LogP contribution >= 0.6 is 0 Å². The monoisotopic (exact) mass is 437 g/mol. The van der Waals surface area contributed by atoms with E-state index < -0.39 is 15.9 Å². The molecule has 0 heterocycles. The minimum atomic E-state index is -3.61. The summed E-state index contributed by atoms with van der Waals surface area (Å²) in [6.45, 7) is 3.47. The molecule has 0 fully saturated rings. The van der Waals surface area contributed by atoms with Gasteiger partial charge in [-0.3, -0.25) is 9.59 Å². The van der Waals surface area contributed by atoms with Crippen LogP contribution in [0.4, 0.5) is 11.4 Å². The molecule has 160 valence electrons. The van der Waals surface area contributed by atoms with Crippen molar-refractivity contribution in [2.75, 3.05) is 10.6 Å². The Balaban J connectivity index is 1.75. The van der Waals surface area contributed by atoms with Gasteiger partial charge >= 0.3 is 0 Å². The fourth-order valence-electron chi connectivity index (χ4n) is 2.87. The SMILES string of the molecule is CC(C)NS(=O)(=O)c1ccc(NC(=O)c2ccccc2NC(=O)c2ccccc2)cc1. The van der Waals surface area contributed by atoms with Crippen molar-refractivity contribution in [3.05, 3.63) is 90.0 Å². The number of hydrogen-bond acceptors (Lipinski definition) is 4. The molecule has 0 aliphatic heterocycles. The summed E-state index contributed by atoms with van der Waals surface area (Å²) in [6, 6.07) is 21.0. The van der Waals surface area contributed by atoms with E-state index in [0.29, 0.717) is 16.9 Å². The second-order valence-corrected chi connectivity index (χ2v) is 8.83. The van der Waals surface area contributed by atoms with Crippen LogP contribution in [-0.2, 0) is 10.0 Å². The van der Waals surface area contributed by atoms with Gasteiger partial charge < -0.3 is 10.6 Å². The summed E-state index contributed by atoms with van der Waals surface area (Å²) >= 11 is 0. The molecule has 0 spiro atoms. The fourth-order valence-corrected chi connectivity index (χ4v) is 4.12. The normalized spacial score (nSPS) is 11.2. The highest BCUT2D eigenvalue weighted by atomic mass is 32.2. The third-order valence-corrected chi connectivity index (χ3v) is 5.94. The lowest BCUT2D eigenvalue weighted by atomic mass is 10.1. The van der Waals surface area contributed by atoms with Crippen molar-refractivity contribution in [3.8, 4) is 0 Å². The minimum absolute atomic E-state index is 0.106. The largest absolute Gasteiger partial charge is 0.322 e. The molecule has 0 unspecified atom stereocenters. The lowest BCUT2D eigenvalue weighted by Gasteiger charge is -2.12. The fraction of sp³-hybridized carbons (Fsp3) is 0.130. The number of anilines is 2. The van der Waals surface area contributed by atoms with Gasteiger partial charge in [-0.1, -0.05) is 30.3 Å². The summed E-state index contributed by atoms with van der Waals surface area (Å²) in [5.41, 5.74) is 1.56. The molecule has 0 aliphatic rings. The Bertz CT molecular complexity index is 1170. The first kappa shape index (κ1) is 22.2. The predicted molar refractivity (Wildman–Crippen MR) is 121 cm³/mol. The molecular weight excluding hydrogens is 414 g/mol. The summed E-state index contributed by atoms with van der Waals surface area (Å²) in [5.74, 6) is -0.757. The number of carbonyl (C=O) groups excluding carboxylic acids is 2. The quantitative estimate of drug-likeness (QED) is 0.522.